The number of Topliss-reactive ketones (excluding diaryl/α,β-unsaturated/α-hetero) is 1. The minimum Gasteiger partial charge on any atom is -0.299 e. The Hall–Kier alpha value is -0.680. The van der Waals surface area contributed by atoms with E-state index in [1.54, 1.807) is 18.3 Å². The Morgan fingerprint density at radius 3 is 2.75 bits per heavy atom. The molecule has 0 radical (unpaired) electrons. The standard InChI is InChI=1S/C11H16O3S2/c1-2-16(13,14)7-3-4-11(12)8-10-5-6-15-9-10/h5-6,9H,2-4,7-8H2,1H3. The van der Waals surface area contributed by atoms with Crippen LogP contribution < -0.4 is 0 Å². The minimum atomic E-state index is -2.93. The second kappa shape index (κ2) is 6.15. The number of hydrogen-bond donors (Lipinski definition) is 0. The maximum Gasteiger partial charge on any atom is 0.150 e. The van der Waals surface area contributed by atoms with E-state index in [-0.39, 0.29) is 17.3 Å². The van der Waals surface area contributed by atoms with Gasteiger partial charge in [-0.05, 0) is 28.8 Å². The average Bonchev–Trinajstić information content (AvgIpc) is 2.70. The number of ketones is 1. The maximum absolute atomic E-state index is 11.5. The molecule has 0 bridgehead atoms. The lowest BCUT2D eigenvalue weighted by atomic mass is 10.1. The van der Waals surface area contributed by atoms with Crippen molar-refractivity contribution in [3.63, 3.8) is 0 Å². The molecule has 0 N–H and O–H groups in total. The quantitative estimate of drug-likeness (QED) is 0.754. The highest BCUT2D eigenvalue weighted by Gasteiger charge is 2.09. The molecule has 90 valence electrons. The van der Waals surface area contributed by atoms with Gasteiger partial charge in [-0.15, -0.1) is 0 Å². The van der Waals surface area contributed by atoms with Gasteiger partial charge >= 0.3 is 0 Å². The van der Waals surface area contributed by atoms with Crippen molar-refractivity contribution in [1.82, 2.24) is 0 Å². The number of carbonyl (C=O) groups is 1. The molecule has 1 heterocycles. The van der Waals surface area contributed by atoms with Crippen molar-refractivity contribution in [3.05, 3.63) is 22.4 Å². The van der Waals surface area contributed by atoms with E-state index in [1.807, 2.05) is 16.8 Å². The van der Waals surface area contributed by atoms with Gasteiger partial charge in [-0.25, -0.2) is 8.42 Å². The summed E-state index contributed by atoms with van der Waals surface area (Å²) < 4.78 is 22.4. The van der Waals surface area contributed by atoms with E-state index in [0.717, 1.165) is 5.56 Å². The summed E-state index contributed by atoms with van der Waals surface area (Å²) in [4.78, 5) is 11.5. The van der Waals surface area contributed by atoms with Crippen molar-refractivity contribution in [1.29, 1.82) is 0 Å². The summed E-state index contributed by atoms with van der Waals surface area (Å²) in [7, 11) is -2.93. The lowest BCUT2D eigenvalue weighted by molar-refractivity contribution is -0.118. The Morgan fingerprint density at radius 1 is 1.44 bits per heavy atom. The van der Waals surface area contributed by atoms with Crippen molar-refractivity contribution in [2.45, 2.75) is 26.2 Å². The van der Waals surface area contributed by atoms with Crippen LogP contribution in [-0.2, 0) is 21.1 Å². The van der Waals surface area contributed by atoms with Crippen LogP contribution in [0.5, 0.6) is 0 Å². The lowest BCUT2D eigenvalue weighted by Gasteiger charge is -2.00. The zero-order valence-electron chi connectivity index (χ0n) is 9.31. The van der Waals surface area contributed by atoms with Gasteiger partial charge in [-0.1, -0.05) is 6.92 Å². The Morgan fingerprint density at radius 2 is 2.19 bits per heavy atom. The van der Waals surface area contributed by atoms with Crippen LogP contribution in [0.3, 0.4) is 0 Å². The van der Waals surface area contributed by atoms with Crippen molar-refractivity contribution in [2.75, 3.05) is 11.5 Å². The van der Waals surface area contributed by atoms with E-state index in [4.69, 9.17) is 0 Å². The highest BCUT2D eigenvalue weighted by molar-refractivity contribution is 7.91. The Bertz CT molecular complexity index is 418. The molecule has 0 aliphatic heterocycles. The van der Waals surface area contributed by atoms with E-state index >= 15 is 0 Å². The molecule has 1 aromatic rings. The summed E-state index contributed by atoms with van der Waals surface area (Å²) in [5.41, 5.74) is 1.02. The lowest BCUT2D eigenvalue weighted by Crippen LogP contribution is -2.11. The fourth-order valence-corrected chi connectivity index (χ4v) is 2.88. The number of rotatable bonds is 7. The SMILES string of the molecule is CCS(=O)(=O)CCCC(=O)Cc1ccsc1. The first-order chi connectivity index (χ1) is 7.53. The van der Waals surface area contributed by atoms with Crippen LogP contribution >= 0.6 is 11.3 Å². The molecule has 1 rings (SSSR count). The monoisotopic (exact) mass is 260 g/mol. The zero-order chi connectivity index (χ0) is 12.0. The normalized spacial score (nSPS) is 11.6. The molecule has 16 heavy (non-hydrogen) atoms. The molecule has 0 fully saturated rings. The molecule has 0 aliphatic rings. The molecule has 0 spiro atoms. The van der Waals surface area contributed by atoms with Crippen molar-refractivity contribution < 1.29 is 13.2 Å². The van der Waals surface area contributed by atoms with Crippen LogP contribution in [0, 0.1) is 0 Å². The van der Waals surface area contributed by atoms with Gasteiger partial charge in [0.05, 0.1) is 5.75 Å². The van der Waals surface area contributed by atoms with Crippen LogP contribution in [0.4, 0.5) is 0 Å². The average molecular weight is 260 g/mol. The Balaban J connectivity index is 2.26. The minimum absolute atomic E-state index is 0.115. The van der Waals surface area contributed by atoms with Crippen molar-refractivity contribution in [2.24, 2.45) is 0 Å². The van der Waals surface area contributed by atoms with Crippen molar-refractivity contribution in [3.8, 4) is 0 Å². The van der Waals surface area contributed by atoms with Gasteiger partial charge in [0.2, 0.25) is 0 Å². The fourth-order valence-electron chi connectivity index (χ4n) is 1.34. The van der Waals surface area contributed by atoms with Crippen LogP contribution in [-0.4, -0.2) is 25.7 Å². The fraction of sp³-hybridized carbons (Fsp3) is 0.545. The molecule has 0 amide bonds. The molecule has 0 saturated heterocycles. The van der Waals surface area contributed by atoms with Crippen LogP contribution in [0.1, 0.15) is 25.3 Å². The third-order valence-corrected chi connectivity index (χ3v) is 4.85. The Labute approximate surface area is 100 Å². The van der Waals surface area contributed by atoms with Gasteiger partial charge in [0.25, 0.3) is 0 Å². The topological polar surface area (TPSA) is 51.2 Å². The largest absolute Gasteiger partial charge is 0.299 e. The zero-order valence-corrected chi connectivity index (χ0v) is 10.9. The number of carbonyl (C=O) groups excluding carboxylic acids is 1. The molecule has 1 aromatic heterocycles. The van der Waals surface area contributed by atoms with Crippen LogP contribution in [0.2, 0.25) is 0 Å². The summed E-state index contributed by atoms with van der Waals surface area (Å²) in [6.07, 6.45) is 1.23. The predicted molar refractivity (Wildman–Crippen MR) is 66.6 cm³/mol. The molecule has 0 aliphatic carbocycles. The Kier molecular flexibility index (Phi) is 5.15. The smallest absolute Gasteiger partial charge is 0.150 e. The van der Waals surface area contributed by atoms with Gasteiger partial charge in [-0.3, -0.25) is 4.79 Å². The van der Waals surface area contributed by atoms with Crippen LogP contribution in [0.25, 0.3) is 0 Å². The first kappa shape index (κ1) is 13.4. The highest BCUT2D eigenvalue weighted by Crippen LogP contribution is 2.09. The van der Waals surface area contributed by atoms with E-state index in [1.165, 1.54) is 0 Å². The van der Waals surface area contributed by atoms with E-state index in [2.05, 4.69) is 0 Å². The second-order valence-corrected chi connectivity index (χ2v) is 6.94. The van der Waals surface area contributed by atoms with E-state index < -0.39 is 9.84 Å². The van der Waals surface area contributed by atoms with Crippen molar-refractivity contribution >= 4 is 27.0 Å². The maximum atomic E-state index is 11.5. The highest BCUT2D eigenvalue weighted by atomic mass is 32.2. The molecule has 0 unspecified atom stereocenters. The third kappa shape index (κ3) is 4.90. The summed E-state index contributed by atoms with van der Waals surface area (Å²) in [5.74, 6) is 0.398. The first-order valence-electron chi connectivity index (χ1n) is 5.26. The summed E-state index contributed by atoms with van der Waals surface area (Å²) in [5, 5.41) is 3.88. The number of sulfone groups is 1. The van der Waals surface area contributed by atoms with E-state index in [0.29, 0.717) is 19.3 Å². The third-order valence-electron chi connectivity index (χ3n) is 2.33. The molecular weight excluding hydrogens is 244 g/mol. The van der Waals surface area contributed by atoms with Gasteiger partial charge in [0.15, 0.2) is 0 Å². The molecular formula is C11H16O3S2. The van der Waals surface area contributed by atoms with Crippen LogP contribution in [0.15, 0.2) is 16.8 Å². The van der Waals surface area contributed by atoms with Gasteiger partial charge in [-0.2, -0.15) is 11.3 Å². The van der Waals surface area contributed by atoms with Gasteiger partial charge in [0.1, 0.15) is 15.6 Å². The summed E-state index contributed by atoms with van der Waals surface area (Å²) in [6, 6.07) is 1.92. The molecule has 5 heteroatoms. The predicted octanol–water partition coefficient (Wildman–Crippen LogP) is 2.07. The summed E-state index contributed by atoms with van der Waals surface area (Å²) >= 11 is 1.57. The number of thiophene rings is 1. The molecule has 0 saturated carbocycles. The van der Waals surface area contributed by atoms with Gasteiger partial charge < -0.3 is 0 Å². The first-order valence-corrected chi connectivity index (χ1v) is 8.03. The van der Waals surface area contributed by atoms with E-state index in [9.17, 15) is 13.2 Å². The molecule has 0 atom stereocenters. The number of hydrogen-bond acceptors (Lipinski definition) is 4. The summed E-state index contributed by atoms with van der Waals surface area (Å²) in [6.45, 7) is 1.63. The second-order valence-electron chi connectivity index (χ2n) is 3.69. The molecule has 0 aromatic carbocycles. The van der Waals surface area contributed by atoms with Gasteiger partial charge in [0, 0.05) is 18.6 Å². The molecule has 3 nitrogen and oxygen atoms in total.